The largest absolute Gasteiger partial charge is 0.364 e. The first-order valence-electron chi connectivity index (χ1n) is 8.69. The van der Waals surface area contributed by atoms with Crippen molar-refractivity contribution in [1.29, 1.82) is 0 Å². The summed E-state index contributed by atoms with van der Waals surface area (Å²) < 4.78 is 5.89. The maximum atomic E-state index is 5.89. The normalized spacial score (nSPS) is 46.0. The lowest BCUT2D eigenvalue weighted by molar-refractivity contribution is -0.0125. The number of nitrogens with one attached hydrogen (secondary N) is 1. The molecule has 1 aliphatic heterocycles. The van der Waals surface area contributed by atoms with Crippen molar-refractivity contribution in [2.24, 2.45) is 29.6 Å². The first kappa shape index (κ1) is 13.2. The lowest BCUT2D eigenvalue weighted by atomic mass is 9.52. The fourth-order valence-corrected chi connectivity index (χ4v) is 5.44. The van der Waals surface area contributed by atoms with Crippen molar-refractivity contribution in [3.63, 3.8) is 0 Å². The van der Waals surface area contributed by atoms with Crippen LogP contribution in [0.2, 0.25) is 0 Å². The van der Waals surface area contributed by atoms with E-state index in [1.165, 1.54) is 44.9 Å². The molecule has 0 amide bonds. The van der Waals surface area contributed by atoms with Gasteiger partial charge in [0.2, 0.25) is 0 Å². The summed E-state index contributed by atoms with van der Waals surface area (Å²) in [4.78, 5) is 0. The standard InChI is InChI=1S/C18H27NO/c1-3-17(12-19-5-1)20-6-2-4-18-15-8-13-7-14(10-15)11-16(18)9-13/h13-19H,1,3,5-12H2. The lowest BCUT2D eigenvalue weighted by Gasteiger charge is -2.52. The van der Waals surface area contributed by atoms with E-state index in [0.717, 1.165) is 36.8 Å². The highest BCUT2D eigenvalue weighted by Crippen LogP contribution is 2.56. The van der Waals surface area contributed by atoms with Gasteiger partial charge in [0.15, 0.2) is 0 Å². The zero-order valence-electron chi connectivity index (χ0n) is 12.4. The third-order valence-corrected chi connectivity index (χ3v) is 6.14. The molecule has 1 atom stereocenters. The monoisotopic (exact) mass is 273 g/mol. The molecule has 0 spiro atoms. The van der Waals surface area contributed by atoms with E-state index in [4.69, 9.17) is 4.74 Å². The predicted octanol–water partition coefficient (Wildman–Crippen LogP) is 2.83. The molecule has 0 aromatic heterocycles. The number of hydrogen-bond donors (Lipinski definition) is 1. The first-order chi connectivity index (χ1) is 9.88. The summed E-state index contributed by atoms with van der Waals surface area (Å²) >= 11 is 0. The van der Waals surface area contributed by atoms with Gasteiger partial charge in [-0.1, -0.05) is 11.8 Å². The molecule has 5 fully saturated rings. The van der Waals surface area contributed by atoms with Crippen molar-refractivity contribution in [3.8, 4) is 11.8 Å². The molecule has 0 radical (unpaired) electrons. The van der Waals surface area contributed by atoms with Crippen molar-refractivity contribution in [2.45, 2.75) is 51.0 Å². The molecule has 4 bridgehead atoms. The average Bonchev–Trinajstić information content (AvgIpc) is 2.46. The SMILES string of the molecule is C(#CC1C2CC3CC(C2)CC1C3)COC1CCCNC1. The maximum absolute atomic E-state index is 5.89. The zero-order valence-corrected chi connectivity index (χ0v) is 12.4. The topological polar surface area (TPSA) is 21.3 Å². The summed E-state index contributed by atoms with van der Waals surface area (Å²) in [6.07, 6.45) is 10.3. The minimum absolute atomic E-state index is 0.400. The van der Waals surface area contributed by atoms with Crippen LogP contribution >= 0.6 is 0 Å². The van der Waals surface area contributed by atoms with Gasteiger partial charge < -0.3 is 10.1 Å². The Balaban J connectivity index is 1.30. The molecule has 5 aliphatic rings. The highest BCUT2D eigenvalue weighted by molar-refractivity contribution is 5.13. The molecular formula is C18H27NO. The minimum Gasteiger partial charge on any atom is -0.364 e. The Morgan fingerprint density at radius 3 is 2.40 bits per heavy atom. The Hall–Kier alpha value is -0.520. The van der Waals surface area contributed by atoms with Gasteiger partial charge in [-0.2, -0.15) is 0 Å². The van der Waals surface area contributed by atoms with Crippen LogP contribution in [0.1, 0.15) is 44.9 Å². The molecule has 2 heteroatoms. The first-order valence-corrected chi connectivity index (χ1v) is 8.69. The van der Waals surface area contributed by atoms with Crippen molar-refractivity contribution >= 4 is 0 Å². The second kappa shape index (κ2) is 5.70. The molecular weight excluding hydrogens is 246 g/mol. The smallest absolute Gasteiger partial charge is 0.108 e. The van der Waals surface area contributed by atoms with E-state index in [0.29, 0.717) is 18.6 Å². The Morgan fingerprint density at radius 2 is 1.75 bits per heavy atom. The molecule has 1 unspecified atom stereocenters. The fraction of sp³-hybridized carbons (Fsp3) is 0.889. The third kappa shape index (κ3) is 2.63. The highest BCUT2D eigenvalue weighted by Gasteiger charge is 2.47. The van der Waals surface area contributed by atoms with E-state index < -0.39 is 0 Å². The molecule has 4 saturated carbocycles. The lowest BCUT2D eigenvalue weighted by Crippen LogP contribution is -2.44. The average molecular weight is 273 g/mol. The van der Waals surface area contributed by atoms with Gasteiger partial charge in [-0.15, -0.1) is 0 Å². The van der Waals surface area contributed by atoms with Gasteiger partial charge in [-0.05, 0) is 75.2 Å². The van der Waals surface area contributed by atoms with Gasteiger partial charge in [-0.25, -0.2) is 0 Å². The van der Waals surface area contributed by atoms with E-state index in [-0.39, 0.29) is 0 Å². The number of piperidine rings is 1. The van der Waals surface area contributed by atoms with Crippen LogP contribution < -0.4 is 5.32 Å². The third-order valence-electron chi connectivity index (χ3n) is 6.14. The molecule has 1 N–H and O–H groups in total. The number of hydrogen-bond acceptors (Lipinski definition) is 2. The molecule has 5 rings (SSSR count). The number of rotatable bonds is 2. The highest BCUT2D eigenvalue weighted by atomic mass is 16.5. The van der Waals surface area contributed by atoms with Crippen LogP contribution in [-0.2, 0) is 4.74 Å². The van der Waals surface area contributed by atoms with E-state index >= 15 is 0 Å². The van der Waals surface area contributed by atoms with Gasteiger partial charge in [0.1, 0.15) is 6.61 Å². The Morgan fingerprint density at radius 1 is 1.00 bits per heavy atom. The second-order valence-electron chi connectivity index (χ2n) is 7.56. The molecule has 4 aliphatic carbocycles. The van der Waals surface area contributed by atoms with Crippen molar-refractivity contribution in [2.75, 3.05) is 19.7 Å². The van der Waals surface area contributed by atoms with Gasteiger partial charge in [0, 0.05) is 12.5 Å². The Labute approximate surface area is 123 Å². The van der Waals surface area contributed by atoms with Gasteiger partial charge in [0.05, 0.1) is 6.10 Å². The van der Waals surface area contributed by atoms with Gasteiger partial charge in [0.25, 0.3) is 0 Å². The van der Waals surface area contributed by atoms with Crippen LogP contribution in [0.5, 0.6) is 0 Å². The molecule has 20 heavy (non-hydrogen) atoms. The Bertz CT molecular complexity index is 373. The zero-order chi connectivity index (χ0) is 13.4. The fourth-order valence-electron chi connectivity index (χ4n) is 5.44. The quantitative estimate of drug-likeness (QED) is 0.781. The van der Waals surface area contributed by atoms with Crippen molar-refractivity contribution in [1.82, 2.24) is 5.32 Å². The molecule has 2 nitrogen and oxygen atoms in total. The molecule has 0 aromatic carbocycles. The minimum atomic E-state index is 0.400. The number of ether oxygens (including phenoxy) is 1. The van der Waals surface area contributed by atoms with Gasteiger partial charge in [-0.3, -0.25) is 0 Å². The Kier molecular flexibility index (Phi) is 3.75. The molecule has 1 heterocycles. The van der Waals surface area contributed by atoms with Crippen LogP contribution in [-0.4, -0.2) is 25.8 Å². The van der Waals surface area contributed by atoms with Crippen LogP contribution in [0.4, 0.5) is 0 Å². The second-order valence-corrected chi connectivity index (χ2v) is 7.56. The molecule has 0 aromatic rings. The van der Waals surface area contributed by atoms with E-state index in [1.54, 1.807) is 0 Å². The van der Waals surface area contributed by atoms with Crippen LogP contribution in [0, 0.1) is 41.4 Å². The summed E-state index contributed by atoms with van der Waals surface area (Å²) in [5, 5.41) is 3.39. The summed E-state index contributed by atoms with van der Waals surface area (Å²) in [6.45, 7) is 2.81. The summed E-state index contributed by atoms with van der Waals surface area (Å²) in [7, 11) is 0. The van der Waals surface area contributed by atoms with Crippen molar-refractivity contribution in [3.05, 3.63) is 0 Å². The van der Waals surface area contributed by atoms with Crippen LogP contribution in [0.25, 0.3) is 0 Å². The van der Waals surface area contributed by atoms with E-state index in [9.17, 15) is 0 Å². The summed E-state index contributed by atoms with van der Waals surface area (Å²) in [5.41, 5.74) is 0. The summed E-state index contributed by atoms with van der Waals surface area (Å²) in [6, 6.07) is 0. The summed E-state index contributed by atoms with van der Waals surface area (Å²) in [5.74, 6) is 11.6. The van der Waals surface area contributed by atoms with Crippen LogP contribution in [0.3, 0.4) is 0 Å². The predicted molar refractivity (Wildman–Crippen MR) is 80.2 cm³/mol. The molecule has 110 valence electrons. The van der Waals surface area contributed by atoms with Gasteiger partial charge >= 0.3 is 0 Å². The van der Waals surface area contributed by atoms with Crippen molar-refractivity contribution < 1.29 is 4.74 Å². The maximum Gasteiger partial charge on any atom is 0.108 e. The van der Waals surface area contributed by atoms with E-state index in [2.05, 4.69) is 17.2 Å². The van der Waals surface area contributed by atoms with Crippen LogP contribution in [0.15, 0.2) is 0 Å². The van der Waals surface area contributed by atoms with E-state index in [1.807, 2.05) is 0 Å². The molecule has 1 saturated heterocycles.